The Balaban J connectivity index is 1.11. The molecule has 3 fully saturated rings. The number of alkyl halides is 2. The van der Waals surface area contributed by atoms with Crippen LogP contribution in [0, 0.1) is 17.8 Å². The van der Waals surface area contributed by atoms with Gasteiger partial charge < -0.3 is 19.3 Å². The van der Waals surface area contributed by atoms with Gasteiger partial charge in [0.05, 0.1) is 15.6 Å². The Kier molecular flexibility index (Phi) is 6.35. The van der Waals surface area contributed by atoms with Crippen molar-refractivity contribution in [3.8, 4) is 17.0 Å². The number of hydrogen-bond acceptors (Lipinski definition) is 7. The Morgan fingerprint density at radius 3 is 2.54 bits per heavy atom. The SMILES string of the molecule is O=C(O)c1cc(OC(F)F)c2cc(N3CC4C(/C=C/c5c(-c6c(Cl)cncc6Cl)noc5C5CC5)C4C3)ccc2n1. The number of ether oxygens (including phenoxy) is 1. The molecule has 4 heterocycles. The van der Waals surface area contributed by atoms with Gasteiger partial charge in [-0.1, -0.05) is 40.5 Å². The molecule has 41 heavy (non-hydrogen) atoms. The number of carboxylic acid groups (broad SMARTS) is 1. The second-order valence-electron chi connectivity index (χ2n) is 10.6. The minimum absolute atomic E-state index is 0.209. The van der Waals surface area contributed by atoms with Crippen LogP contribution < -0.4 is 9.64 Å². The number of halogens is 4. The molecule has 1 aromatic carbocycles. The van der Waals surface area contributed by atoms with Gasteiger partial charge in [0.25, 0.3) is 0 Å². The van der Waals surface area contributed by atoms with Gasteiger partial charge in [-0.05, 0) is 48.8 Å². The number of fused-ring (bicyclic) bond motifs is 2. The van der Waals surface area contributed by atoms with Gasteiger partial charge in [0.1, 0.15) is 17.2 Å². The molecule has 3 aliphatic rings. The molecule has 2 saturated carbocycles. The summed E-state index contributed by atoms with van der Waals surface area (Å²) < 4.78 is 36.5. The molecule has 12 heteroatoms. The number of aromatic carboxylic acids is 1. The number of aromatic nitrogens is 3. The van der Waals surface area contributed by atoms with E-state index < -0.39 is 12.6 Å². The van der Waals surface area contributed by atoms with Gasteiger partial charge >= 0.3 is 12.6 Å². The Bertz CT molecular complexity index is 1690. The van der Waals surface area contributed by atoms with Crippen LogP contribution in [0.15, 0.2) is 47.3 Å². The van der Waals surface area contributed by atoms with Crippen LogP contribution in [-0.2, 0) is 0 Å². The van der Waals surface area contributed by atoms with E-state index >= 15 is 0 Å². The summed E-state index contributed by atoms with van der Waals surface area (Å²) in [4.78, 5) is 21.7. The molecule has 8 nitrogen and oxygen atoms in total. The van der Waals surface area contributed by atoms with E-state index in [1.54, 1.807) is 12.1 Å². The first-order chi connectivity index (χ1) is 19.8. The lowest BCUT2D eigenvalue weighted by Gasteiger charge is -2.22. The molecule has 0 bridgehead atoms. The minimum Gasteiger partial charge on any atom is -0.477 e. The first kappa shape index (κ1) is 26.2. The van der Waals surface area contributed by atoms with Crippen LogP contribution in [0.5, 0.6) is 5.75 Å². The van der Waals surface area contributed by atoms with Gasteiger partial charge in [-0.25, -0.2) is 9.78 Å². The fourth-order valence-electron chi connectivity index (χ4n) is 5.89. The molecule has 1 aliphatic heterocycles. The number of benzene rings is 1. The maximum absolute atomic E-state index is 13.1. The Morgan fingerprint density at radius 2 is 1.88 bits per heavy atom. The molecule has 7 rings (SSSR count). The fourth-order valence-corrected chi connectivity index (χ4v) is 6.43. The highest BCUT2D eigenvalue weighted by atomic mass is 35.5. The summed E-state index contributed by atoms with van der Waals surface area (Å²) in [5.41, 5.74) is 2.89. The van der Waals surface area contributed by atoms with E-state index in [2.05, 4.69) is 36.9 Å². The van der Waals surface area contributed by atoms with Crippen LogP contribution in [0.4, 0.5) is 14.5 Å². The highest BCUT2D eigenvalue weighted by Crippen LogP contribution is 2.54. The summed E-state index contributed by atoms with van der Waals surface area (Å²) in [7, 11) is 0. The maximum atomic E-state index is 13.1. The lowest BCUT2D eigenvalue weighted by molar-refractivity contribution is -0.0489. The van der Waals surface area contributed by atoms with E-state index in [-0.39, 0.29) is 17.0 Å². The van der Waals surface area contributed by atoms with Crippen molar-refractivity contribution in [1.82, 2.24) is 15.1 Å². The van der Waals surface area contributed by atoms with E-state index in [4.69, 9.17) is 27.7 Å². The molecule has 3 aromatic heterocycles. The average Bonchev–Trinajstić information content (AvgIpc) is 3.80. The molecular weight excluding hydrogens is 577 g/mol. The summed E-state index contributed by atoms with van der Waals surface area (Å²) in [5.74, 6) is 0.923. The van der Waals surface area contributed by atoms with Gasteiger partial charge in [-0.2, -0.15) is 8.78 Å². The molecule has 0 radical (unpaired) electrons. The van der Waals surface area contributed by atoms with E-state index in [9.17, 15) is 18.7 Å². The van der Waals surface area contributed by atoms with Crippen LogP contribution in [-0.4, -0.2) is 45.9 Å². The number of allylic oxidation sites excluding steroid dienone is 1. The summed E-state index contributed by atoms with van der Waals surface area (Å²) >= 11 is 12.9. The summed E-state index contributed by atoms with van der Waals surface area (Å²) in [6.45, 7) is -1.50. The smallest absolute Gasteiger partial charge is 0.387 e. The first-order valence-electron chi connectivity index (χ1n) is 13.1. The molecule has 2 atom stereocenters. The number of piperidine rings is 1. The number of carboxylic acids is 1. The van der Waals surface area contributed by atoms with Gasteiger partial charge in [-0.15, -0.1) is 0 Å². The second-order valence-corrected chi connectivity index (χ2v) is 11.4. The third kappa shape index (κ3) is 4.78. The highest BCUT2D eigenvalue weighted by Gasteiger charge is 2.54. The fraction of sp³-hybridized carbons (Fsp3) is 0.310. The van der Waals surface area contributed by atoms with Crippen LogP contribution in [0.25, 0.3) is 28.2 Å². The number of hydrogen-bond donors (Lipinski definition) is 1. The van der Waals surface area contributed by atoms with Crippen LogP contribution >= 0.6 is 23.2 Å². The molecule has 0 spiro atoms. The Morgan fingerprint density at radius 1 is 1.15 bits per heavy atom. The van der Waals surface area contributed by atoms with Crippen molar-refractivity contribution in [1.29, 1.82) is 0 Å². The van der Waals surface area contributed by atoms with Crippen molar-refractivity contribution < 1.29 is 27.9 Å². The van der Waals surface area contributed by atoms with Gasteiger partial charge in [0.15, 0.2) is 5.69 Å². The average molecular weight is 599 g/mol. The van der Waals surface area contributed by atoms with E-state index in [0.717, 1.165) is 49.0 Å². The molecule has 1 N–H and O–H groups in total. The van der Waals surface area contributed by atoms with Gasteiger partial charge in [0.2, 0.25) is 0 Å². The molecule has 0 amide bonds. The van der Waals surface area contributed by atoms with E-state index in [1.165, 1.54) is 12.4 Å². The lowest BCUT2D eigenvalue weighted by atomic mass is 10.0. The maximum Gasteiger partial charge on any atom is 0.387 e. The van der Waals surface area contributed by atoms with Crippen molar-refractivity contribution in [2.75, 3.05) is 18.0 Å². The highest BCUT2D eigenvalue weighted by molar-refractivity contribution is 6.39. The topological polar surface area (TPSA) is 102 Å². The van der Waals surface area contributed by atoms with Gasteiger partial charge in [0, 0.05) is 59.7 Å². The lowest BCUT2D eigenvalue weighted by Crippen LogP contribution is -2.23. The summed E-state index contributed by atoms with van der Waals surface area (Å²) in [5, 5.41) is 14.8. The van der Waals surface area contributed by atoms with Crippen LogP contribution in [0.3, 0.4) is 0 Å². The van der Waals surface area contributed by atoms with Crippen molar-refractivity contribution in [3.63, 3.8) is 0 Å². The molecule has 210 valence electrons. The minimum atomic E-state index is -3.09. The quantitative estimate of drug-likeness (QED) is 0.228. The molecular formula is C29H22Cl2F2N4O4. The van der Waals surface area contributed by atoms with Crippen molar-refractivity contribution in [2.45, 2.75) is 25.4 Å². The third-order valence-corrected chi connectivity index (χ3v) is 8.67. The zero-order valence-electron chi connectivity index (χ0n) is 21.3. The molecule has 4 aromatic rings. The molecule has 2 unspecified atom stereocenters. The van der Waals surface area contributed by atoms with E-state index in [0.29, 0.717) is 50.4 Å². The van der Waals surface area contributed by atoms with Crippen molar-refractivity contribution in [2.24, 2.45) is 17.8 Å². The largest absolute Gasteiger partial charge is 0.477 e. The zero-order valence-corrected chi connectivity index (χ0v) is 22.8. The number of anilines is 1. The number of nitrogens with zero attached hydrogens (tertiary/aromatic N) is 4. The van der Waals surface area contributed by atoms with Crippen molar-refractivity contribution in [3.05, 3.63) is 69.8 Å². The second kappa shape index (κ2) is 9.95. The summed E-state index contributed by atoms with van der Waals surface area (Å²) in [6, 6.07) is 6.23. The van der Waals surface area contributed by atoms with Crippen LogP contribution in [0.1, 0.15) is 40.6 Å². The Hall–Kier alpha value is -3.76. The van der Waals surface area contributed by atoms with Crippen molar-refractivity contribution >= 4 is 51.8 Å². The van der Waals surface area contributed by atoms with Crippen LogP contribution in [0.2, 0.25) is 10.0 Å². The Labute approximate surface area is 242 Å². The third-order valence-electron chi connectivity index (χ3n) is 8.09. The number of pyridine rings is 2. The normalized spacial score (nSPS) is 21.7. The van der Waals surface area contributed by atoms with E-state index in [1.807, 2.05) is 6.07 Å². The predicted octanol–water partition coefficient (Wildman–Crippen LogP) is 7.16. The predicted molar refractivity (Wildman–Crippen MR) is 149 cm³/mol. The summed E-state index contributed by atoms with van der Waals surface area (Å²) in [6.07, 6.45) is 9.48. The first-order valence-corrected chi connectivity index (χ1v) is 13.9. The monoisotopic (exact) mass is 598 g/mol. The number of carbonyl (C=O) groups is 1. The zero-order chi connectivity index (χ0) is 28.4. The molecule has 1 saturated heterocycles. The van der Waals surface area contributed by atoms with Gasteiger partial charge in [-0.3, -0.25) is 4.98 Å². The molecule has 2 aliphatic carbocycles. The number of rotatable bonds is 8. The standard InChI is InChI=1S/C29H22Cl2F2N4O4/c30-20-9-34-10-21(31)25(20)26-16(27(41-36-26)13-1-2-13)5-4-15-18-11-37(12-19(15)18)14-3-6-22-17(7-14)24(40-29(32)33)8-23(35-22)28(38)39/h3-10,13,15,18-19,29H,1-2,11-12H2,(H,38,39)/b5-4+.